The number of benzene rings is 1. The van der Waals surface area contributed by atoms with Crippen LogP contribution < -0.4 is 5.32 Å². The second-order valence-corrected chi connectivity index (χ2v) is 5.29. The molecule has 1 amide bonds. The zero-order valence-electron chi connectivity index (χ0n) is 8.04. The molecule has 2 rings (SSSR count). The van der Waals surface area contributed by atoms with E-state index >= 15 is 0 Å². The Balaban J connectivity index is 2.18. The maximum Gasteiger partial charge on any atom is 0.265 e. The van der Waals surface area contributed by atoms with Crippen LogP contribution in [0.1, 0.15) is 9.67 Å². The molecular formula is C11H7BrClNOS. The zero-order valence-corrected chi connectivity index (χ0v) is 11.2. The van der Waals surface area contributed by atoms with Gasteiger partial charge in [0.05, 0.1) is 10.6 Å². The highest BCUT2D eigenvalue weighted by molar-refractivity contribution is 9.10. The van der Waals surface area contributed by atoms with Crippen LogP contribution in [-0.4, -0.2) is 5.91 Å². The first-order valence-corrected chi connectivity index (χ1v) is 6.52. The number of halogens is 2. The summed E-state index contributed by atoms with van der Waals surface area (Å²) < 4.78 is 0.768. The summed E-state index contributed by atoms with van der Waals surface area (Å²) in [6.07, 6.45) is 0. The monoisotopic (exact) mass is 315 g/mol. The van der Waals surface area contributed by atoms with Gasteiger partial charge in [0.25, 0.3) is 5.91 Å². The van der Waals surface area contributed by atoms with Crippen LogP contribution in [0, 0.1) is 0 Å². The summed E-state index contributed by atoms with van der Waals surface area (Å²) in [5, 5.41) is 5.30. The van der Waals surface area contributed by atoms with E-state index in [0.717, 1.165) is 4.47 Å². The molecule has 2 aromatic rings. The van der Waals surface area contributed by atoms with Gasteiger partial charge in [0, 0.05) is 9.50 Å². The summed E-state index contributed by atoms with van der Waals surface area (Å²) in [7, 11) is 0. The molecule has 0 fully saturated rings. The third kappa shape index (κ3) is 2.64. The number of hydrogen-bond acceptors (Lipinski definition) is 2. The van der Waals surface area contributed by atoms with E-state index in [-0.39, 0.29) is 5.91 Å². The number of rotatable bonds is 2. The second kappa shape index (κ2) is 4.99. The molecule has 0 atom stereocenters. The molecule has 1 aromatic heterocycles. The van der Waals surface area contributed by atoms with Gasteiger partial charge >= 0.3 is 0 Å². The van der Waals surface area contributed by atoms with E-state index in [9.17, 15) is 4.79 Å². The topological polar surface area (TPSA) is 29.1 Å². The van der Waals surface area contributed by atoms with E-state index in [1.807, 2.05) is 11.4 Å². The average Bonchev–Trinajstić information content (AvgIpc) is 2.75. The highest BCUT2D eigenvalue weighted by Crippen LogP contribution is 2.26. The number of carbonyl (C=O) groups is 1. The van der Waals surface area contributed by atoms with Crippen molar-refractivity contribution < 1.29 is 4.79 Å². The van der Waals surface area contributed by atoms with Gasteiger partial charge in [-0.15, -0.1) is 11.3 Å². The number of anilines is 1. The highest BCUT2D eigenvalue weighted by Gasteiger charge is 2.08. The lowest BCUT2D eigenvalue weighted by Crippen LogP contribution is -2.10. The van der Waals surface area contributed by atoms with Crippen LogP contribution >= 0.6 is 38.9 Å². The number of nitrogens with one attached hydrogen (secondary N) is 1. The third-order valence-electron chi connectivity index (χ3n) is 1.92. The fourth-order valence-electron chi connectivity index (χ4n) is 1.18. The van der Waals surface area contributed by atoms with Gasteiger partial charge in [-0.1, -0.05) is 17.7 Å². The van der Waals surface area contributed by atoms with Crippen LogP contribution in [0.3, 0.4) is 0 Å². The quantitative estimate of drug-likeness (QED) is 0.873. The van der Waals surface area contributed by atoms with Crippen molar-refractivity contribution in [2.24, 2.45) is 0 Å². The van der Waals surface area contributed by atoms with E-state index in [1.165, 1.54) is 11.3 Å². The van der Waals surface area contributed by atoms with Crippen molar-refractivity contribution in [2.45, 2.75) is 0 Å². The predicted molar refractivity (Wildman–Crippen MR) is 71.4 cm³/mol. The standard InChI is InChI=1S/C11H7BrClNOS/c12-8-6-7(13)3-4-9(8)14-11(15)10-2-1-5-16-10/h1-6H,(H,14,15). The molecule has 16 heavy (non-hydrogen) atoms. The van der Waals surface area contributed by atoms with Crippen molar-refractivity contribution in [2.75, 3.05) is 5.32 Å². The van der Waals surface area contributed by atoms with Crippen LogP contribution in [0.2, 0.25) is 5.02 Å². The summed E-state index contributed by atoms with van der Waals surface area (Å²) in [6.45, 7) is 0. The molecule has 5 heteroatoms. The maximum atomic E-state index is 11.8. The van der Waals surface area contributed by atoms with Gasteiger partial charge in [-0.25, -0.2) is 0 Å². The molecule has 0 aliphatic rings. The molecule has 2 nitrogen and oxygen atoms in total. The molecule has 0 radical (unpaired) electrons. The zero-order chi connectivity index (χ0) is 11.5. The fourth-order valence-corrected chi connectivity index (χ4v) is 2.58. The molecule has 0 aliphatic heterocycles. The van der Waals surface area contributed by atoms with Crippen molar-refractivity contribution in [3.63, 3.8) is 0 Å². The smallest absolute Gasteiger partial charge is 0.265 e. The summed E-state index contributed by atoms with van der Waals surface area (Å²) in [4.78, 5) is 12.4. The van der Waals surface area contributed by atoms with E-state index in [1.54, 1.807) is 24.3 Å². The normalized spacial score (nSPS) is 10.1. The predicted octanol–water partition coefficient (Wildman–Crippen LogP) is 4.42. The molecule has 0 bridgehead atoms. The van der Waals surface area contributed by atoms with Crippen molar-refractivity contribution >= 4 is 50.5 Å². The maximum absolute atomic E-state index is 11.8. The minimum absolute atomic E-state index is 0.113. The molecule has 0 unspecified atom stereocenters. The Bertz CT molecular complexity index is 513. The van der Waals surface area contributed by atoms with Crippen LogP contribution in [0.4, 0.5) is 5.69 Å². The number of hydrogen-bond donors (Lipinski definition) is 1. The summed E-state index contributed by atoms with van der Waals surface area (Å²) in [6, 6.07) is 8.86. The Kier molecular flexibility index (Phi) is 3.63. The van der Waals surface area contributed by atoms with Crippen LogP contribution in [0.5, 0.6) is 0 Å². The molecule has 1 aromatic carbocycles. The Hall–Kier alpha value is -0.840. The van der Waals surface area contributed by atoms with Crippen LogP contribution in [-0.2, 0) is 0 Å². The number of thiophene rings is 1. The SMILES string of the molecule is O=C(Nc1ccc(Cl)cc1Br)c1cccs1. The fraction of sp³-hybridized carbons (Fsp3) is 0. The molecular weight excluding hydrogens is 310 g/mol. The lowest BCUT2D eigenvalue weighted by molar-refractivity contribution is 0.103. The van der Waals surface area contributed by atoms with Gasteiger partial charge in [-0.2, -0.15) is 0 Å². The lowest BCUT2D eigenvalue weighted by Gasteiger charge is -2.06. The van der Waals surface area contributed by atoms with E-state index in [0.29, 0.717) is 15.6 Å². The van der Waals surface area contributed by atoms with Gasteiger partial charge in [0.1, 0.15) is 0 Å². The van der Waals surface area contributed by atoms with Gasteiger partial charge < -0.3 is 5.32 Å². The largest absolute Gasteiger partial charge is 0.320 e. The average molecular weight is 317 g/mol. The molecule has 1 heterocycles. The highest BCUT2D eigenvalue weighted by atomic mass is 79.9. The van der Waals surface area contributed by atoms with Gasteiger partial charge in [-0.05, 0) is 45.6 Å². The van der Waals surface area contributed by atoms with Crippen molar-refractivity contribution in [1.29, 1.82) is 0 Å². The van der Waals surface area contributed by atoms with E-state index in [2.05, 4.69) is 21.2 Å². The third-order valence-corrected chi connectivity index (χ3v) is 3.68. The van der Waals surface area contributed by atoms with Crippen molar-refractivity contribution in [3.05, 3.63) is 50.1 Å². The van der Waals surface area contributed by atoms with E-state index in [4.69, 9.17) is 11.6 Å². The number of amides is 1. The second-order valence-electron chi connectivity index (χ2n) is 3.06. The molecule has 0 spiro atoms. The Morgan fingerprint density at radius 3 is 2.81 bits per heavy atom. The van der Waals surface area contributed by atoms with Crippen LogP contribution in [0.15, 0.2) is 40.2 Å². The molecule has 0 saturated heterocycles. The van der Waals surface area contributed by atoms with Crippen molar-refractivity contribution in [3.8, 4) is 0 Å². The van der Waals surface area contributed by atoms with Gasteiger partial charge in [-0.3, -0.25) is 4.79 Å². The van der Waals surface area contributed by atoms with Gasteiger partial charge in [0.2, 0.25) is 0 Å². The molecule has 1 N–H and O–H groups in total. The minimum Gasteiger partial charge on any atom is -0.320 e. The minimum atomic E-state index is -0.113. The number of carbonyl (C=O) groups excluding carboxylic acids is 1. The van der Waals surface area contributed by atoms with Crippen LogP contribution in [0.25, 0.3) is 0 Å². The first-order valence-electron chi connectivity index (χ1n) is 4.47. The summed E-state index contributed by atoms with van der Waals surface area (Å²) >= 11 is 10.6. The Morgan fingerprint density at radius 2 is 2.19 bits per heavy atom. The van der Waals surface area contributed by atoms with Gasteiger partial charge in [0.15, 0.2) is 0 Å². The first-order chi connectivity index (χ1) is 7.66. The van der Waals surface area contributed by atoms with Crippen molar-refractivity contribution in [1.82, 2.24) is 0 Å². The Labute approximate surface area is 110 Å². The first kappa shape index (κ1) is 11.6. The Morgan fingerprint density at radius 1 is 1.38 bits per heavy atom. The lowest BCUT2D eigenvalue weighted by atomic mass is 10.3. The van der Waals surface area contributed by atoms with E-state index < -0.39 is 0 Å². The molecule has 0 aliphatic carbocycles. The summed E-state index contributed by atoms with van der Waals surface area (Å²) in [5.74, 6) is -0.113. The summed E-state index contributed by atoms with van der Waals surface area (Å²) in [5.41, 5.74) is 0.711. The molecule has 0 saturated carbocycles. The molecule has 82 valence electrons.